The number of nitrogens with one attached hydrogen (secondary N) is 1. The number of nitriles is 1. The van der Waals surface area contributed by atoms with Gasteiger partial charge in [-0.05, 0) is 43.9 Å². The summed E-state index contributed by atoms with van der Waals surface area (Å²) in [5, 5.41) is 22.0. The molecule has 8 nitrogen and oxygen atoms in total. The van der Waals surface area contributed by atoms with Crippen molar-refractivity contribution in [2.75, 3.05) is 5.32 Å². The molecule has 4 aromatic rings. The number of aromatic nitrogens is 6. The zero-order valence-corrected chi connectivity index (χ0v) is 17.6. The highest BCUT2D eigenvalue weighted by Gasteiger charge is 2.25. The molecule has 0 bridgehead atoms. The molecular formula is C22H19ClN8. The van der Waals surface area contributed by atoms with Crippen molar-refractivity contribution in [3.63, 3.8) is 0 Å². The first-order valence-electron chi connectivity index (χ1n) is 9.99. The van der Waals surface area contributed by atoms with Gasteiger partial charge in [-0.1, -0.05) is 23.7 Å². The topological polar surface area (TPSA) is 97.2 Å². The molecule has 1 aliphatic rings. The fourth-order valence-corrected chi connectivity index (χ4v) is 3.59. The molecule has 1 fully saturated rings. The number of halogens is 1. The van der Waals surface area contributed by atoms with Gasteiger partial charge in [0, 0.05) is 29.9 Å². The van der Waals surface area contributed by atoms with Crippen LogP contribution in [0.3, 0.4) is 0 Å². The van der Waals surface area contributed by atoms with Crippen LogP contribution in [0.2, 0.25) is 5.15 Å². The first kappa shape index (κ1) is 19.3. The number of rotatable bonds is 6. The van der Waals surface area contributed by atoms with Gasteiger partial charge in [0.05, 0.1) is 17.3 Å². The molecule has 0 unspecified atom stereocenters. The minimum Gasteiger partial charge on any atom is -0.325 e. The van der Waals surface area contributed by atoms with Crippen molar-refractivity contribution in [1.82, 2.24) is 29.5 Å². The molecule has 154 valence electrons. The maximum absolute atomic E-state index is 9.07. The number of hydrogen-bond donors (Lipinski definition) is 1. The third-order valence-electron chi connectivity index (χ3n) is 5.30. The number of nitrogens with zero attached hydrogens (tertiary/aromatic N) is 7. The Morgan fingerprint density at radius 3 is 2.65 bits per heavy atom. The standard InChI is InChI=1S/C22H19ClN8/c1-14-21(17-6-4-15(11-24)5-7-17)29-31(12-16-2-3-16)22(14)27-19-10-20(26-13-25-19)30-9-8-18(23)28-30/h4-10,13,16H,2-3,12H2,1H3,(H,25,26,27). The molecule has 0 saturated heterocycles. The second-order valence-electron chi connectivity index (χ2n) is 7.61. The Hall–Kier alpha value is -3.70. The molecule has 1 saturated carbocycles. The van der Waals surface area contributed by atoms with Gasteiger partial charge in [-0.25, -0.2) is 19.3 Å². The lowest BCUT2D eigenvalue weighted by atomic mass is 10.1. The second kappa shape index (κ2) is 7.85. The summed E-state index contributed by atoms with van der Waals surface area (Å²) < 4.78 is 3.62. The summed E-state index contributed by atoms with van der Waals surface area (Å²) >= 11 is 5.94. The number of benzene rings is 1. The van der Waals surface area contributed by atoms with Crippen molar-refractivity contribution in [2.24, 2.45) is 5.92 Å². The van der Waals surface area contributed by atoms with Crippen molar-refractivity contribution in [1.29, 1.82) is 5.26 Å². The quantitative estimate of drug-likeness (QED) is 0.483. The maximum Gasteiger partial charge on any atom is 0.158 e. The summed E-state index contributed by atoms with van der Waals surface area (Å²) in [6.07, 6.45) is 5.69. The Bertz CT molecular complexity index is 1280. The van der Waals surface area contributed by atoms with E-state index in [1.165, 1.54) is 19.2 Å². The molecule has 0 aliphatic heterocycles. The molecule has 1 aliphatic carbocycles. The van der Waals surface area contributed by atoms with Crippen molar-refractivity contribution in [3.8, 4) is 23.1 Å². The monoisotopic (exact) mass is 430 g/mol. The molecule has 31 heavy (non-hydrogen) atoms. The van der Waals surface area contributed by atoms with Crippen LogP contribution in [0.4, 0.5) is 11.6 Å². The van der Waals surface area contributed by atoms with E-state index in [-0.39, 0.29) is 0 Å². The van der Waals surface area contributed by atoms with Gasteiger partial charge in [-0.15, -0.1) is 0 Å². The third kappa shape index (κ3) is 4.00. The lowest BCUT2D eigenvalue weighted by Crippen LogP contribution is -2.08. The van der Waals surface area contributed by atoms with Crippen LogP contribution < -0.4 is 5.32 Å². The average Bonchev–Trinajstić information content (AvgIpc) is 3.43. The number of hydrogen-bond acceptors (Lipinski definition) is 6. The molecule has 0 radical (unpaired) electrons. The minimum atomic E-state index is 0.401. The molecular weight excluding hydrogens is 412 g/mol. The van der Waals surface area contributed by atoms with Crippen LogP contribution in [-0.4, -0.2) is 29.5 Å². The predicted octanol–water partition coefficient (Wildman–Crippen LogP) is 4.51. The average molecular weight is 431 g/mol. The van der Waals surface area contributed by atoms with E-state index in [2.05, 4.69) is 26.5 Å². The lowest BCUT2D eigenvalue weighted by Gasteiger charge is -2.11. The molecule has 3 heterocycles. The van der Waals surface area contributed by atoms with Crippen molar-refractivity contribution in [3.05, 3.63) is 65.2 Å². The fraction of sp³-hybridized carbons (Fsp3) is 0.227. The van der Waals surface area contributed by atoms with Gasteiger partial charge in [0.1, 0.15) is 18.0 Å². The van der Waals surface area contributed by atoms with Crippen LogP contribution in [-0.2, 0) is 6.54 Å². The van der Waals surface area contributed by atoms with Crippen molar-refractivity contribution < 1.29 is 0 Å². The smallest absolute Gasteiger partial charge is 0.158 e. The van der Waals surface area contributed by atoms with Gasteiger partial charge in [0.25, 0.3) is 0 Å². The van der Waals surface area contributed by atoms with Gasteiger partial charge in [-0.3, -0.25) is 0 Å². The lowest BCUT2D eigenvalue weighted by molar-refractivity contribution is 0.571. The van der Waals surface area contributed by atoms with E-state index in [0.717, 1.165) is 29.2 Å². The molecule has 5 rings (SSSR count). The van der Waals surface area contributed by atoms with Gasteiger partial charge in [-0.2, -0.15) is 15.5 Å². The number of anilines is 2. The van der Waals surface area contributed by atoms with Crippen LogP contribution in [0.1, 0.15) is 24.0 Å². The van der Waals surface area contributed by atoms with Crippen molar-refractivity contribution in [2.45, 2.75) is 26.3 Å². The highest BCUT2D eigenvalue weighted by atomic mass is 35.5. The molecule has 3 aromatic heterocycles. The van der Waals surface area contributed by atoms with Crippen LogP contribution in [0, 0.1) is 24.2 Å². The summed E-state index contributed by atoms with van der Waals surface area (Å²) in [5.74, 6) is 2.81. The van der Waals surface area contributed by atoms with E-state index < -0.39 is 0 Å². The molecule has 0 atom stereocenters. The molecule has 9 heteroatoms. The van der Waals surface area contributed by atoms with Crippen LogP contribution in [0.25, 0.3) is 17.1 Å². The van der Waals surface area contributed by atoms with Crippen LogP contribution in [0.5, 0.6) is 0 Å². The predicted molar refractivity (Wildman–Crippen MR) is 117 cm³/mol. The van der Waals surface area contributed by atoms with E-state index in [9.17, 15) is 0 Å². The third-order valence-corrected chi connectivity index (χ3v) is 5.50. The SMILES string of the molecule is Cc1c(-c2ccc(C#N)cc2)nn(CC2CC2)c1Nc1cc(-n2ccc(Cl)n2)ncn1. The van der Waals surface area contributed by atoms with E-state index >= 15 is 0 Å². The summed E-state index contributed by atoms with van der Waals surface area (Å²) in [4.78, 5) is 8.65. The van der Waals surface area contributed by atoms with E-state index in [0.29, 0.717) is 28.3 Å². The summed E-state index contributed by atoms with van der Waals surface area (Å²) in [6.45, 7) is 2.90. The summed E-state index contributed by atoms with van der Waals surface area (Å²) in [5.41, 5.74) is 3.52. The molecule has 1 aromatic carbocycles. The van der Waals surface area contributed by atoms with Gasteiger partial charge in [0.2, 0.25) is 0 Å². The van der Waals surface area contributed by atoms with Gasteiger partial charge in [0.15, 0.2) is 11.0 Å². The van der Waals surface area contributed by atoms with E-state index in [1.807, 2.05) is 41.9 Å². The first-order valence-corrected chi connectivity index (χ1v) is 10.4. The Morgan fingerprint density at radius 2 is 1.97 bits per heavy atom. The Labute approximate surface area is 184 Å². The summed E-state index contributed by atoms with van der Waals surface area (Å²) in [6, 6.07) is 13.2. The minimum absolute atomic E-state index is 0.401. The largest absolute Gasteiger partial charge is 0.325 e. The van der Waals surface area contributed by atoms with Crippen molar-refractivity contribution >= 4 is 23.2 Å². The van der Waals surface area contributed by atoms with Crippen LogP contribution in [0.15, 0.2) is 48.9 Å². The van der Waals surface area contributed by atoms with E-state index in [4.69, 9.17) is 22.0 Å². The van der Waals surface area contributed by atoms with Gasteiger partial charge < -0.3 is 5.32 Å². The van der Waals surface area contributed by atoms with Gasteiger partial charge >= 0.3 is 0 Å². The van der Waals surface area contributed by atoms with E-state index in [1.54, 1.807) is 16.9 Å². The zero-order chi connectivity index (χ0) is 21.4. The first-order chi connectivity index (χ1) is 15.1. The Balaban J connectivity index is 1.50. The second-order valence-corrected chi connectivity index (χ2v) is 7.99. The normalized spacial score (nSPS) is 13.2. The Kier molecular flexibility index (Phi) is 4.88. The molecule has 0 amide bonds. The summed E-state index contributed by atoms with van der Waals surface area (Å²) in [7, 11) is 0. The molecule has 1 N–H and O–H groups in total. The van der Waals surface area contributed by atoms with Crippen LogP contribution >= 0.6 is 11.6 Å². The zero-order valence-electron chi connectivity index (χ0n) is 16.8. The molecule has 0 spiro atoms. The highest BCUT2D eigenvalue weighted by Crippen LogP contribution is 2.35. The highest BCUT2D eigenvalue weighted by molar-refractivity contribution is 6.29. The Morgan fingerprint density at radius 1 is 1.16 bits per heavy atom. The fourth-order valence-electron chi connectivity index (χ4n) is 3.45. The maximum atomic E-state index is 9.07.